The summed E-state index contributed by atoms with van der Waals surface area (Å²) in [6.45, 7) is 4.74. The van der Waals surface area contributed by atoms with Crippen LogP contribution in [-0.4, -0.2) is 37.0 Å². The van der Waals surface area contributed by atoms with Crippen molar-refractivity contribution in [2.75, 3.05) is 31.5 Å². The van der Waals surface area contributed by atoms with Crippen molar-refractivity contribution in [3.05, 3.63) is 64.7 Å². The lowest BCUT2D eigenvalue weighted by atomic mass is 10.1. The number of nitrogens with one attached hydrogen (secondary N) is 2. The number of carbonyl (C=O) groups excluding carboxylic acids is 1. The van der Waals surface area contributed by atoms with E-state index in [1.54, 1.807) is 0 Å². The van der Waals surface area contributed by atoms with Crippen LogP contribution in [0.25, 0.3) is 0 Å². The number of halogens is 1. The molecule has 144 valence electrons. The third kappa shape index (κ3) is 6.89. The van der Waals surface area contributed by atoms with E-state index in [4.69, 9.17) is 11.6 Å². The molecule has 0 unspecified atom stereocenters. The Hall–Kier alpha value is -2.04. The zero-order chi connectivity index (χ0) is 18.9. The lowest BCUT2D eigenvalue weighted by Crippen LogP contribution is -2.38. The number of nitrogens with zero attached hydrogens (tertiary/aromatic N) is 1. The van der Waals surface area contributed by atoms with Crippen LogP contribution in [0.4, 0.5) is 5.69 Å². The molecule has 0 bridgehead atoms. The van der Waals surface area contributed by atoms with Crippen LogP contribution < -0.4 is 10.6 Å². The third-order valence-corrected chi connectivity index (χ3v) is 5.14. The molecule has 1 amide bonds. The molecule has 0 atom stereocenters. The Morgan fingerprint density at radius 3 is 2.52 bits per heavy atom. The first kappa shape index (κ1) is 19.7. The third-order valence-electron chi connectivity index (χ3n) is 4.90. The minimum absolute atomic E-state index is 0.0895. The van der Waals surface area contributed by atoms with Crippen LogP contribution in [0.1, 0.15) is 30.4 Å². The molecule has 0 aromatic heterocycles. The van der Waals surface area contributed by atoms with E-state index in [0.29, 0.717) is 6.42 Å². The number of anilines is 1. The Morgan fingerprint density at radius 2 is 1.78 bits per heavy atom. The molecule has 4 nitrogen and oxygen atoms in total. The predicted molar refractivity (Wildman–Crippen MR) is 112 cm³/mol. The van der Waals surface area contributed by atoms with E-state index in [9.17, 15) is 4.79 Å². The number of likely N-dealkylation sites (tertiary alicyclic amines) is 1. The Bertz CT molecular complexity index is 727. The molecule has 0 saturated carbocycles. The number of benzene rings is 2. The van der Waals surface area contributed by atoms with Gasteiger partial charge in [0.2, 0.25) is 5.91 Å². The van der Waals surface area contributed by atoms with Gasteiger partial charge in [0.25, 0.3) is 0 Å². The van der Waals surface area contributed by atoms with Gasteiger partial charge in [-0.15, -0.1) is 0 Å². The van der Waals surface area contributed by atoms with Crippen molar-refractivity contribution in [3.8, 4) is 0 Å². The topological polar surface area (TPSA) is 44.4 Å². The molecule has 1 fully saturated rings. The van der Waals surface area contributed by atoms with Gasteiger partial charge in [-0.1, -0.05) is 42.3 Å². The number of hydrogen-bond donors (Lipinski definition) is 2. The molecule has 27 heavy (non-hydrogen) atoms. The molecule has 1 aliphatic heterocycles. The molecule has 0 radical (unpaired) electrons. The van der Waals surface area contributed by atoms with E-state index < -0.39 is 0 Å². The number of amides is 1. The van der Waals surface area contributed by atoms with Crippen molar-refractivity contribution in [1.29, 1.82) is 0 Å². The summed E-state index contributed by atoms with van der Waals surface area (Å²) in [7, 11) is 0. The first-order chi connectivity index (χ1) is 13.2. The lowest BCUT2D eigenvalue weighted by Gasteiger charge is -2.26. The summed E-state index contributed by atoms with van der Waals surface area (Å²) >= 11 is 6.01. The molecule has 5 heteroatoms. The van der Waals surface area contributed by atoms with Crippen molar-refractivity contribution in [1.82, 2.24) is 10.2 Å². The van der Waals surface area contributed by atoms with Gasteiger partial charge in [0, 0.05) is 30.3 Å². The molecule has 3 rings (SSSR count). The van der Waals surface area contributed by atoms with Crippen molar-refractivity contribution in [3.63, 3.8) is 0 Å². The molecule has 1 saturated heterocycles. The first-order valence-electron chi connectivity index (χ1n) is 9.75. The smallest absolute Gasteiger partial charge is 0.224 e. The van der Waals surface area contributed by atoms with Crippen LogP contribution in [0.2, 0.25) is 5.02 Å². The highest BCUT2D eigenvalue weighted by Crippen LogP contribution is 2.14. The van der Waals surface area contributed by atoms with Crippen LogP contribution in [-0.2, 0) is 17.8 Å². The van der Waals surface area contributed by atoms with Gasteiger partial charge in [-0.05, 0) is 61.3 Å². The van der Waals surface area contributed by atoms with E-state index in [2.05, 4.69) is 15.5 Å². The highest BCUT2D eigenvalue weighted by molar-refractivity contribution is 6.30. The lowest BCUT2D eigenvalue weighted by molar-refractivity contribution is -0.120. The summed E-state index contributed by atoms with van der Waals surface area (Å²) in [6.07, 6.45) is 4.33. The Morgan fingerprint density at radius 1 is 1.00 bits per heavy atom. The largest absolute Gasteiger partial charge is 0.381 e. The standard InChI is InChI=1S/C22H28ClN3O/c23-20-6-4-5-19(15-20)17-25-21-9-7-18(8-10-21)16-22(27)24-11-14-26-12-2-1-3-13-26/h4-10,15,25H,1-3,11-14,16-17H2,(H,24,27). The Kier molecular flexibility index (Phi) is 7.55. The second-order valence-electron chi connectivity index (χ2n) is 7.11. The Labute approximate surface area is 166 Å². The van der Waals surface area contributed by atoms with E-state index in [0.717, 1.165) is 41.5 Å². The minimum Gasteiger partial charge on any atom is -0.381 e. The van der Waals surface area contributed by atoms with E-state index in [-0.39, 0.29) is 5.91 Å². The molecule has 0 aliphatic carbocycles. The summed E-state index contributed by atoms with van der Waals surface area (Å²) in [5.41, 5.74) is 3.20. The number of hydrogen-bond acceptors (Lipinski definition) is 3. The van der Waals surface area contributed by atoms with Crippen molar-refractivity contribution in [2.45, 2.75) is 32.2 Å². The predicted octanol–water partition coefficient (Wildman–Crippen LogP) is 4.10. The fourth-order valence-electron chi connectivity index (χ4n) is 3.38. The summed E-state index contributed by atoms with van der Waals surface area (Å²) < 4.78 is 0. The fraction of sp³-hybridized carbons (Fsp3) is 0.409. The van der Waals surface area contributed by atoms with Crippen molar-refractivity contribution in [2.24, 2.45) is 0 Å². The minimum atomic E-state index is 0.0895. The van der Waals surface area contributed by atoms with E-state index in [1.807, 2.05) is 48.5 Å². The van der Waals surface area contributed by atoms with Gasteiger partial charge in [-0.3, -0.25) is 4.79 Å². The monoisotopic (exact) mass is 385 g/mol. The van der Waals surface area contributed by atoms with Gasteiger partial charge in [0.05, 0.1) is 6.42 Å². The van der Waals surface area contributed by atoms with Gasteiger partial charge in [-0.25, -0.2) is 0 Å². The van der Waals surface area contributed by atoms with Crippen LogP contribution in [0, 0.1) is 0 Å². The average Bonchev–Trinajstić information content (AvgIpc) is 2.68. The summed E-state index contributed by atoms with van der Waals surface area (Å²) in [5.74, 6) is 0.0895. The first-order valence-corrected chi connectivity index (χ1v) is 10.1. The van der Waals surface area contributed by atoms with Crippen molar-refractivity contribution >= 4 is 23.2 Å². The Balaban J connectivity index is 1.38. The number of piperidine rings is 1. The molecular weight excluding hydrogens is 358 g/mol. The molecule has 2 aromatic carbocycles. The van der Waals surface area contributed by atoms with Gasteiger partial charge in [-0.2, -0.15) is 0 Å². The summed E-state index contributed by atoms with van der Waals surface area (Å²) in [4.78, 5) is 14.6. The molecule has 2 aromatic rings. The number of carbonyl (C=O) groups is 1. The average molecular weight is 386 g/mol. The number of rotatable bonds is 8. The quantitative estimate of drug-likeness (QED) is 0.719. The molecular formula is C22H28ClN3O. The van der Waals surface area contributed by atoms with Crippen LogP contribution in [0.5, 0.6) is 0 Å². The highest BCUT2D eigenvalue weighted by Gasteiger charge is 2.10. The summed E-state index contributed by atoms with van der Waals surface area (Å²) in [5, 5.41) is 7.16. The zero-order valence-electron chi connectivity index (χ0n) is 15.7. The summed E-state index contributed by atoms with van der Waals surface area (Å²) in [6, 6.07) is 15.9. The van der Waals surface area contributed by atoms with Crippen LogP contribution in [0.3, 0.4) is 0 Å². The molecule has 0 spiro atoms. The van der Waals surface area contributed by atoms with Crippen LogP contribution in [0.15, 0.2) is 48.5 Å². The second-order valence-corrected chi connectivity index (χ2v) is 7.55. The van der Waals surface area contributed by atoms with Gasteiger partial charge < -0.3 is 15.5 Å². The molecule has 1 heterocycles. The van der Waals surface area contributed by atoms with Gasteiger partial charge in [0.1, 0.15) is 0 Å². The van der Waals surface area contributed by atoms with Gasteiger partial charge in [0.15, 0.2) is 0 Å². The highest BCUT2D eigenvalue weighted by atomic mass is 35.5. The normalized spacial score (nSPS) is 14.7. The van der Waals surface area contributed by atoms with Crippen LogP contribution >= 0.6 is 11.6 Å². The zero-order valence-corrected chi connectivity index (χ0v) is 16.5. The van der Waals surface area contributed by atoms with Crippen molar-refractivity contribution < 1.29 is 4.79 Å². The molecule has 2 N–H and O–H groups in total. The molecule has 1 aliphatic rings. The maximum absolute atomic E-state index is 12.1. The van der Waals surface area contributed by atoms with Gasteiger partial charge >= 0.3 is 0 Å². The second kappa shape index (κ2) is 10.3. The maximum Gasteiger partial charge on any atom is 0.224 e. The SMILES string of the molecule is O=C(Cc1ccc(NCc2cccc(Cl)c2)cc1)NCCN1CCCCC1. The fourth-order valence-corrected chi connectivity index (χ4v) is 3.59. The van der Waals surface area contributed by atoms with E-state index >= 15 is 0 Å². The maximum atomic E-state index is 12.1. The van der Waals surface area contributed by atoms with E-state index in [1.165, 1.54) is 32.4 Å².